The first-order valence-electron chi connectivity index (χ1n) is 12.8. The highest BCUT2D eigenvalue weighted by Crippen LogP contribution is 2.45. The third-order valence-electron chi connectivity index (χ3n) is 8.35. The van der Waals surface area contributed by atoms with Crippen LogP contribution in [0.4, 0.5) is 30.7 Å². The lowest BCUT2D eigenvalue weighted by atomic mass is 9.76. The minimum atomic E-state index is -5.05. The lowest BCUT2D eigenvalue weighted by Gasteiger charge is -2.48. The van der Waals surface area contributed by atoms with Crippen molar-refractivity contribution in [3.63, 3.8) is 0 Å². The Morgan fingerprint density at radius 3 is 2.15 bits per heavy atom. The van der Waals surface area contributed by atoms with Crippen LogP contribution in [0.25, 0.3) is 0 Å². The molecule has 40 heavy (non-hydrogen) atoms. The molecule has 2 aliphatic heterocycles. The first-order valence-corrected chi connectivity index (χ1v) is 12.8. The number of rotatable bonds is 4. The molecule has 2 aliphatic rings. The number of amides is 2. The standard InChI is InChI=1S/C28H30F7N3O2/c1-15-10-20(29)4-5-21(15)22-14-26(7-6-23(39)37-26)8-9-38(22)24(40)25(3,36)16(2)17-11-18(27(30,31)32)13-19(12-17)28(33,34)35/h4-5,10-13,16,22H,6-9,14,36H2,1-3H3,(H,37,39)/t16-,22-,25?,26+/m1/s1. The summed E-state index contributed by atoms with van der Waals surface area (Å²) in [6.07, 6.45) is -8.58. The zero-order valence-corrected chi connectivity index (χ0v) is 22.1. The fourth-order valence-electron chi connectivity index (χ4n) is 5.79. The number of alkyl halides is 6. The van der Waals surface area contributed by atoms with Crippen LogP contribution in [-0.2, 0) is 21.9 Å². The maximum absolute atomic E-state index is 14.0. The van der Waals surface area contributed by atoms with Crippen LogP contribution in [0.2, 0.25) is 0 Å². The van der Waals surface area contributed by atoms with Crippen LogP contribution in [-0.4, -0.2) is 34.3 Å². The highest BCUT2D eigenvalue weighted by molar-refractivity contribution is 5.88. The van der Waals surface area contributed by atoms with Crippen LogP contribution in [0.15, 0.2) is 36.4 Å². The van der Waals surface area contributed by atoms with Gasteiger partial charge in [0.1, 0.15) is 5.82 Å². The molecule has 3 N–H and O–H groups in total. The van der Waals surface area contributed by atoms with E-state index in [9.17, 15) is 40.3 Å². The predicted molar refractivity (Wildman–Crippen MR) is 132 cm³/mol. The maximum atomic E-state index is 14.0. The highest BCUT2D eigenvalue weighted by Gasteiger charge is 2.50. The number of likely N-dealkylation sites (tertiary alicyclic amines) is 1. The molecule has 0 aromatic heterocycles. The quantitative estimate of drug-likeness (QED) is 0.441. The number of nitrogens with zero attached hydrogens (tertiary/aromatic N) is 1. The van der Waals surface area contributed by atoms with Gasteiger partial charge in [0.05, 0.1) is 22.7 Å². The van der Waals surface area contributed by atoms with Crippen molar-refractivity contribution in [1.82, 2.24) is 10.2 Å². The summed E-state index contributed by atoms with van der Waals surface area (Å²) in [6.45, 7) is 4.38. The van der Waals surface area contributed by atoms with Crippen molar-refractivity contribution in [3.8, 4) is 0 Å². The smallest absolute Gasteiger partial charge is 0.350 e. The van der Waals surface area contributed by atoms with Gasteiger partial charge in [-0.1, -0.05) is 13.0 Å². The lowest BCUT2D eigenvalue weighted by molar-refractivity contribution is -0.143. The van der Waals surface area contributed by atoms with Gasteiger partial charge in [0.2, 0.25) is 11.8 Å². The molecular weight excluding hydrogens is 543 g/mol. The van der Waals surface area contributed by atoms with E-state index in [1.54, 1.807) is 6.92 Å². The van der Waals surface area contributed by atoms with Gasteiger partial charge in [-0.25, -0.2) is 4.39 Å². The number of carbonyl (C=O) groups is 2. The molecule has 2 amide bonds. The monoisotopic (exact) mass is 573 g/mol. The average Bonchev–Trinajstić information content (AvgIpc) is 3.21. The van der Waals surface area contributed by atoms with Crippen molar-refractivity contribution in [2.24, 2.45) is 5.73 Å². The second kappa shape index (κ2) is 10.0. The summed E-state index contributed by atoms with van der Waals surface area (Å²) in [5.41, 5.74) is 1.74. The number of nitrogens with one attached hydrogen (secondary N) is 1. The first-order chi connectivity index (χ1) is 18.3. The molecule has 4 rings (SSSR count). The summed E-state index contributed by atoms with van der Waals surface area (Å²) >= 11 is 0. The van der Waals surface area contributed by atoms with Gasteiger partial charge in [-0.2, -0.15) is 26.3 Å². The molecule has 2 saturated heterocycles. The van der Waals surface area contributed by atoms with Crippen LogP contribution >= 0.6 is 0 Å². The van der Waals surface area contributed by atoms with Gasteiger partial charge in [0, 0.05) is 24.4 Å². The Bertz CT molecular complexity index is 1290. The Labute approximate surface area is 226 Å². The summed E-state index contributed by atoms with van der Waals surface area (Å²) in [7, 11) is 0. The zero-order valence-electron chi connectivity index (χ0n) is 22.1. The van der Waals surface area contributed by atoms with E-state index >= 15 is 0 Å². The average molecular weight is 574 g/mol. The van der Waals surface area contributed by atoms with Crippen LogP contribution in [0, 0.1) is 12.7 Å². The highest BCUT2D eigenvalue weighted by atomic mass is 19.4. The van der Waals surface area contributed by atoms with E-state index in [2.05, 4.69) is 5.32 Å². The molecule has 4 atom stereocenters. The summed E-state index contributed by atoms with van der Waals surface area (Å²) in [5, 5.41) is 2.99. The number of hydrogen-bond donors (Lipinski definition) is 2. The molecule has 2 aromatic rings. The second-order valence-electron chi connectivity index (χ2n) is 11.1. The molecular formula is C28H30F7N3O2. The topological polar surface area (TPSA) is 75.4 Å². The molecule has 12 heteroatoms. The third-order valence-corrected chi connectivity index (χ3v) is 8.35. The van der Waals surface area contributed by atoms with E-state index in [-0.39, 0.29) is 24.1 Å². The largest absolute Gasteiger partial charge is 0.416 e. The van der Waals surface area contributed by atoms with Gasteiger partial charge in [0.15, 0.2) is 0 Å². The van der Waals surface area contributed by atoms with Crippen molar-refractivity contribution < 1.29 is 40.3 Å². The Morgan fingerprint density at radius 1 is 1.05 bits per heavy atom. The number of carbonyl (C=O) groups excluding carboxylic acids is 2. The van der Waals surface area contributed by atoms with E-state index in [0.29, 0.717) is 48.9 Å². The maximum Gasteiger partial charge on any atom is 0.416 e. The zero-order chi connectivity index (χ0) is 29.8. The van der Waals surface area contributed by atoms with Gasteiger partial charge >= 0.3 is 12.4 Å². The van der Waals surface area contributed by atoms with E-state index in [1.165, 1.54) is 36.9 Å². The van der Waals surface area contributed by atoms with E-state index in [1.807, 2.05) is 0 Å². The van der Waals surface area contributed by atoms with Gasteiger partial charge in [-0.15, -0.1) is 0 Å². The fraction of sp³-hybridized carbons (Fsp3) is 0.500. The Hall–Kier alpha value is -3.15. The molecule has 0 aliphatic carbocycles. The molecule has 1 unspecified atom stereocenters. The first kappa shape index (κ1) is 29.8. The fourth-order valence-corrected chi connectivity index (χ4v) is 5.79. The van der Waals surface area contributed by atoms with Crippen LogP contribution in [0.1, 0.15) is 79.3 Å². The molecule has 2 aromatic carbocycles. The predicted octanol–water partition coefficient (Wildman–Crippen LogP) is 6.01. The molecule has 5 nitrogen and oxygen atoms in total. The van der Waals surface area contributed by atoms with Gasteiger partial charge < -0.3 is 16.0 Å². The Balaban J connectivity index is 1.73. The van der Waals surface area contributed by atoms with Crippen LogP contribution in [0.5, 0.6) is 0 Å². The summed E-state index contributed by atoms with van der Waals surface area (Å²) in [4.78, 5) is 27.5. The number of aryl methyl sites for hydroxylation is 1. The van der Waals surface area contributed by atoms with Gasteiger partial charge in [-0.3, -0.25) is 9.59 Å². The number of halogens is 7. The lowest BCUT2D eigenvalue weighted by Crippen LogP contribution is -2.61. The minimum absolute atomic E-state index is 0.0270. The third kappa shape index (κ3) is 5.68. The SMILES string of the molecule is Cc1cc(F)ccc1[C@H]1C[C@]2(CCC(=O)N2)CCN1C(=O)C(C)(N)[C@H](C)c1cc(C(F)(F)F)cc(C(F)(F)F)c1. The second-order valence-corrected chi connectivity index (χ2v) is 11.1. The summed E-state index contributed by atoms with van der Waals surface area (Å²) < 4.78 is 94.9. The van der Waals surface area contributed by atoms with Crippen LogP contribution in [0.3, 0.4) is 0 Å². The van der Waals surface area contributed by atoms with Gasteiger partial charge in [0.25, 0.3) is 0 Å². The number of nitrogens with two attached hydrogens (primary N) is 1. The van der Waals surface area contributed by atoms with Crippen molar-refractivity contribution in [1.29, 1.82) is 0 Å². The molecule has 1 spiro atoms. The summed E-state index contributed by atoms with van der Waals surface area (Å²) in [5.74, 6) is -2.54. The normalized spacial score (nSPS) is 24.1. The Morgan fingerprint density at radius 2 is 1.65 bits per heavy atom. The van der Waals surface area contributed by atoms with Crippen molar-refractivity contribution in [2.75, 3.05) is 6.54 Å². The molecule has 0 radical (unpaired) electrons. The minimum Gasteiger partial charge on any atom is -0.350 e. The van der Waals surface area contributed by atoms with Crippen molar-refractivity contribution in [2.45, 2.75) is 81.8 Å². The number of benzene rings is 2. The van der Waals surface area contributed by atoms with Crippen molar-refractivity contribution >= 4 is 11.8 Å². The molecule has 2 heterocycles. The van der Waals surface area contributed by atoms with E-state index in [4.69, 9.17) is 5.73 Å². The van der Waals surface area contributed by atoms with Crippen molar-refractivity contribution in [3.05, 3.63) is 70.0 Å². The van der Waals surface area contributed by atoms with Crippen LogP contribution < -0.4 is 11.1 Å². The number of piperidine rings is 1. The molecule has 218 valence electrons. The Kier molecular flexibility index (Phi) is 7.49. The van der Waals surface area contributed by atoms with Gasteiger partial charge in [-0.05, 0) is 80.1 Å². The molecule has 2 fully saturated rings. The number of hydrogen-bond acceptors (Lipinski definition) is 3. The molecule has 0 bridgehead atoms. The molecule has 0 saturated carbocycles. The summed E-state index contributed by atoms with van der Waals surface area (Å²) in [6, 6.07) is 4.61. The van der Waals surface area contributed by atoms with E-state index in [0.717, 1.165) is 0 Å². The van der Waals surface area contributed by atoms with E-state index < -0.39 is 58.2 Å².